The molecule has 2 N–H and O–H groups in total. The second kappa shape index (κ2) is 3.86. The first-order valence-corrected chi connectivity index (χ1v) is 6.29. The van der Waals surface area contributed by atoms with Crippen LogP contribution in [0.5, 0.6) is 0 Å². The van der Waals surface area contributed by atoms with E-state index in [1.807, 2.05) is 6.07 Å². The van der Waals surface area contributed by atoms with Crippen LogP contribution in [0, 0.1) is 11.3 Å². The Hall–Kier alpha value is -0.860. The Bertz CT molecular complexity index is 521. The Labute approximate surface area is 110 Å². The largest absolute Gasteiger partial charge is 0.399 e. The normalized spacial score (nSPS) is 23.7. The quantitative estimate of drug-likeness (QED) is 0.581. The summed E-state index contributed by atoms with van der Waals surface area (Å²) >= 11 is 6.54. The summed E-state index contributed by atoms with van der Waals surface area (Å²) in [6, 6.07) is 5.51. The van der Waals surface area contributed by atoms with Gasteiger partial charge in [0.1, 0.15) is 0 Å². The fraction of sp³-hybridized carbons (Fsp3) is 0.273. The van der Waals surface area contributed by atoms with Gasteiger partial charge in [-0.2, -0.15) is 5.26 Å². The van der Waals surface area contributed by atoms with E-state index in [1.54, 1.807) is 12.1 Å². The van der Waals surface area contributed by atoms with Crippen molar-refractivity contribution in [2.75, 3.05) is 5.73 Å². The van der Waals surface area contributed by atoms with Crippen LogP contribution >= 0.6 is 31.9 Å². The second-order valence-electron chi connectivity index (χ2n) is 3.78. The molecule has 2 rings (SSSR count). The van der Waals surface area contributed by atoms with Gasteiger partial charge < -0.3 is 5.73 Å². The van der Waals surface area contributed by atoms with Gasteiger partial charge in [-0.25, -0.2) is 0 Å². The third-order valence-corrected chi connectivity index (χ3v) is 4.26. The Morgan fingerprint density at radius 3 is 2.81 bits per heavy atom. The lowest BCUT2D eigenvalue weighted by atomic mass is 9.83. The molecule has 0 heterocycles. The molecule has 3 nitrogen and oxygen atoms in total. The Balaban J connectivity index is 2.63. The number of rotatable bonds is 0. The molecule has 0 saturated carbocycles. The molecule has 5 heteroatoms. The third-order valence-electron chi connectivity index (χ3n) is 2.70. The summed E-state index contributed by atoms with van der Waals surface area (Å²) in [7, 11) is 0. The average Bonchev–Trinajstić information content (AvgIpc) is 2.23. The van der Waals surface area contributed by atoms with Gasteiger partial charge in [0.15, 0.2) is 10.1 Å². The van der Waals surface area contributed by atoms with Crippen molar-refractivity contribution in [2.24, 2.45) is 0 Å². The summed E-state index contributed by atoms with van der Waals surface area (Å²) in [6.07, 6.45) is 1.15. The zero-order valence-corrected chi connectivity index (χ0v) is 11.4. The van der Waals surface area contributed by atoms with Gasteiger partial charge in [0.25, 0.3) is 0 Å². The van der Waals surface area contributed by atoms with Crippen molar-refractivity contribution in [1.82, 2.24) is 0 Å². The molecular weight excluding hydrogens is 336 g/mol. The van der Waals surface area contributed by atoms with Crippen molar-refractivity contribution in [3.05, 3.63) is 27.7 Å². The number of anilines is 1. The van der Waals surface area contributed by atoms with Crippen molar-refractivity contribution in [3.8, 4) is 6.07 Å². The van der Waals surface area contributed by atoms with Crippen LogP contribution in [0.3, 0.4) is 0 Å². The highest BCUT2D eigenvalue weighted by molar-refractivity contribution is 9.11. The Kier molecular flexibility index (Phi) is 2.81. The predicted octanol–water partition coefficient (Wildman–Crippen LogP) is 2.82. The summed E-state index contributed by atoms with van der Waals surface area (Å²) in [5.74, 6) is -0.192. The first kappa shape index (κ1) is 11.6. The lowest BCUT2D eigenvalue weighted by Gasteiger charge is -2.26. The zero-order chi connectivity index (χ0) is 11.9. The van der Waals surface area contributed by atoms with Crippen LogP contribution in [-0.2, 0) is 6.42 Å². The van der Waals surface area contributed by atoms with E-state index in [0.29, 0.717) is 28.6 Å². The van der Waals surface area contributed by atoms with Crippen LogP contribution in [0.1, 0.15) is 22.3 Å². The summed E-state index contributed by atoms with van der Waals surface area (Å²) < 4.78 is -0.426. The molecule has 82 valence electrons. The molecular formula is C11H8Br2N2O. The van der Waals surface area contributed by atoms with E-state index >= 15 is 0 Å². The monoisotopic (exact) mass is 342 g/mol. The fourth-order valence-electron chi connectivity index (χ4n) is 1.86. The van der Waals surface area contributed by atoms with E-state index in [0.717, 1.165) is 5.56 Å². The lowest BCUT2D eigenvalue weighted by Crippen LogP contribution is -2.35. The molecule has 1 aromatic rings. The minimum absolute atomic E-state index is 0.192. The van der Waals surface area contributed by atoms with Gasteiger partial charge in [-0.3, -0.25) is 4.79 Å². The van der Waals surface area contributed by atoms with Gasteiger partial charge >= 0.3 is 0 Å². The van der Waals surface area contributed by atoms with Gasteiger partial charge in [0.05, 0.1) is 6.07 Å². The number of fused-ring (bicyclic) bond motifs is 1. The first-order chi connectivity index (χ1) is 7.48. The molecule has 1 aromatic carbocycles. The van der Waals surface area contributed by atoms with Crippen LogP contribution in [0.2, 0.25) is 0 Å². The van der Waals surface area contributed by atoms with E-state index < -0.39 is 4.32 Å². The van der Waals surface area contributed by atoms with E-state index in [-0.39, 0.29) is 5.78 Å². The Morgan fingerprint density at radius 2 is 2.19 bits per heavy atom. The smallest absolute Gasteiger partial charge is 0.195 e. The number of benzene rings is 1. The molecule has 0 bridgehead atoms. The van der Waals surface area contributed by atoms with E-state index in [2.05, 4.69) is 31.9 Å². The zero-order valence-electron chi connectivity index (χ0n) is 8.26. The molecule has 1 aliphatic carbocycles. The number of nitrogens with two attached hydrogens (primary N) is 1. The van der Waals surface area contributed by atoms with Gasteiger partial charge in [0.2, 0.25) is 0 Å². The maximum absolute atomic E-state index is 12.2. The van der Waals surface area contributed by atoms with Crippen LogP contribution in [0.15, 0.2) is 16.6 Å². The van der Waals surface area contributed by atoms with E-state index in [1.165, 1.54) is 0 Å². The van der Waals surface area contributed by atoms with Crippen LogP contribution in [0.4, 0.5) is 5.69 Å². The molecule has 0 fully saturated rings. The number of halogens is 2. The number of carbonyl (C=O) groups excluding carboxylic acids is 1. The van der Waals surface area contributed by atoms with Crippen molar-refractivity contribution >= 4 is 43.3 Å². The number of ketones is 1. The second-order valence-corrected chi connectivity index (χ2v) is 5.99. The van der Waals surface area contributed by atoms with Crippen molar-refractivity contribution in [3.63, 3.8) is 0 Å². The SMILES string of the molecule is N#CC1(Br)CCc2cc(N)cc(Br)c2C1=O. The van der Waals surface area contributed by atoms with Crippen LogP contribution < -0.4 is 5.73 Å². The van der Waals surface area contributed by atoms with Gasteiger partial charge in [-0.15, -0.1) is 0 Å². The minimum atomic E-state index is -1.08. The van der Waals surface area contributed by atoms with Crippen molar-refractivity contribution in [1.29, 1.82) is 5.26 Å². The molecule has 0 saturated heterocycles. The highest BCUT2D eigenvalue weighted by Crippen LogP contribution is 2.38. The highest BCUT2D eigenvalue weighted by Gasteiger charge is 2.41. The van der Waals surface area contributed by atoms with Gasteiger partial charge in [-0.1, -0.05) is 15.9 Å². The van der Waals surface area contributed by atoms with Crippen LogP contribution in [0.25, 0.3) is 0 Å². The minimum Gasteiger partial charge on any atom is -0.399 e. The molecule has 1 atom stereocenters. The fourth-order valence-corrected chi connectivity index (χ4v) is 2.96. The Morgan fingerprint density at radius 1 is 1.50 bits per heavy atom. The third kappa shape index (κ3) is 1.66. The number of carbonyl (C=O) groups is 1. The average molecular weight is 344 g/mol. The standard InChI is InChI=1S/C11H8Br2N2O/c12-8-4-7(15)3-6-1-2-11(13,5-14)10(16)9(6)8/h3-4H,1-2,15H2. The molecule has 0 aromatic heterocycles. The van der Waals surface area contributed by atoms with Gasteiger partial charge in [0, 0.05) is 15.7 Å². The number of Topliss-reactive ketones (excluding diaryl/α,β-unsaturated/α-hetero) is 1. The lowest BCUT2D eigenvalue weighted by molar-refractivity contribution is 0.0955. The molecule has 1 aliphatic rings. The molecule has 0 aliphatic heterocycles. The number of nitrogen functional groups attached to an aromatic ring is 1. The molecule has 0 amide bonds. The maximum atomic E-state index is 12.2. The number of aryl methyl sites for hydroxylation is 1. The number of nitrogens with zero attached hydrogens (tertiary/aromatic N) is 1. The summed E-state index contributed by atoms with van der Waals surface area (Å²) in [6.45, 7) is 0. The van der Waals surface area contributed by atoms with E-state index in [4.69, 9.17) is 11.0 Å². The molecule has 0 radical (unpaired) electrons. The highest BCUT2D eigenvalue weighted by atomic mass is 79.9. The first-order valence-electron chi connectivity index (χ1n) is 4.71. The number of hydrogen-bond acceptors (Lipinski definition) is 3. The molecule has 16 heavy (non-hydrogen) atoms. The number of nitriles is 1. The summed E-state index contributed by atoms with van der Waals surface area (Å²) in [5.41, 5.74) is 7.81. The molecule has 1 unspecified atom stereocenters. The van der Waals surface area contributed by atoms with Crippen LogP contribution in [-0.4, -0.2) is 10.1 Å². The number of alkyl halides is 1. The predicted molar refractivity (Wildman–Crippen MR) is 68.5 cm³/mol. The number of hydrogen-bond donors (Lipinski definition) is 1. The van der Waals surface area contributed by atoms with Crippen molar-refractivity contribution in [2.45, 2.75) is 17.2 Å². The summed E-state index contributed by atoms with van der Waals surface area (Å²) in [5, 5.41) is 9.03. The maximum Gasteiger partial charge on any atom is 0.195 e. The summed E-state index contributed by atoms with van der Waals surface area (Å²) in [4.78, 5) is 12.2. The van der Waals surface area contributed by atoms with E-state index in [9.17, 15) is 4.79 Å². The topological polar surface area (TPSA) is 66.9 Å². The molecule has 0 spiro atoms. The van der Waals surface area contributed by atoms with Gasteiger partial charge in [-0.05, 0) is 46.5 Å². The van der Waals surface area contributed by atoms with Crippen molar-refractivity contribution < 1.29 is 4.79 Å².